The van der Waals surface area contributed by atoms with Gasteiger partial charge in [0.15, 0.2) is 0 Å². The quantitative estimate of drug-likeness (QED) is 0.672. The van der Waals surface area contributed by atoms with Gasteiger partial charge < -0.3 is 4.74 Å². The molecular weight excluding hydrogens is 184 g/mol. The van der Waals surface area contributed by atoms with Crippen molar-refractivity contribution in [3.05, 3.63) is 40.9 Å². The van der Waals surface area contributed by atoms with Crippen LogP contribution in [0.3, 0.4) is 0 Å². The lowest BCUT2D eigenvalue weighted by atomic mass is 10.2. The molecule has 1 nitrogen and oxygen atoms in total. The summed E-state index contributed by atoms with van der Waals surface area (Å²) in [7, 11) is 0. The molecule has 1 aromatic rings. The summed E-state index contributed by atoms with van der Waals surface area (Å²) in [6.45, 7) is 8.15. The Kier molecular flexibility index (Phi) is 3.38. The Balaban J connectivity index is 2.77. The number of ether oxygens (including phenoxy) is 1. The third kappa shape index (κ3) is 2.78. The zero-order valence-electron chi connectivity index (χ0n) is 7.93. The molecule has 0 aliphatic heterocycles. The predicted octanol–water partition coefficient (Wildman–Crippen LogP) is 3.60. The molecule has 0 saturated heterocycles. The maximum Gasteiger partial charge on any atom is 0.138 e. The standard InChI is InChI=1S/C11H13ClO/c1-8(2)7-13-10-6-4-5-9(3)11(10)12/h4-6H,1,7H2,2-3H3. The van der Waals surface area contributed by atoms with Crippen molar-refractivity contribution in [1.82, 2.24) is 0 Å². The second-order valence-electron chi connectivity index (χ2n) is 3.13. The van der Waals surface area contributed by atoms with Crippen molar-refractivity contribution >= 4 is 11.6 Å². The highest BCUT2D eigenvalue weighted by molar-refractivity contribution is 6.32. The molecule has 0 spiro atoms. The van der Waals surface area contributed by atoms with E-state index in [2.05, 4.69) is 6.58 Å². The molecule has 0 radical (unpaired) electrons. The molecule has 0 aliphatic rings. The minimum atomic E-state index is 0.517. The fraction of sp³-hybridized carbons (Fsp3) is 0.273. The maximum absolute atomic E-state index is 6.02. The molecule has 0 heterocycles. The molecule has 0 amide bonds. The van der Waals surface area contributed by atoms with Gasteiger partial charge in [0.05, 0.1) is 5.02 Å². The highest BCUT2D eigenvalue weighted by atomic mass is 35.5. The zero-order valence-corrected chi connectivity index (χ0v) is 8.69. The van der Waals surface area contributed by atoms with Crippen LogP contribution >= 0.6 is 11.6 Å². The average molecular weight is 197 g/mol. The Morgan fingerprint density at radius 1 is 1.54 bits per heavy atom. The van der Waals surface area contributed by atoms with Gasteiger partial charge in [-0.05, 0) is 31.1 Å². The third-order valence-corrected chi connectivity index (χ3v) is 2.11. The van der Waals surface area contributed by atoms with E-state index < -0.39 is 0 Å². The van der Waals surface area contributed by atoms with Crippen LogP contribution in [0.5, 0.6) is 5.75 Å². The first-order valence-corrected chi connectivity index (χ1v) is 4.51. The smallest absolute Gasteiger partial charge is 0.138 e. The van der Waals surface area contributed by atoms with E-state index in [1.165, 1.54) is 0 Å². The molecule has 1 aromatic carbocycles. The summed E-state index contributed by atoms with van der Waals surface area (Å²) in [5.74, 6) is 0.727. The van der Waals surface area contributed by atoms with E-state index in [1.54, 1.807) is 0 Å². The van der Waals surface area contributed by atoms with Gasteiger partial charge in [0.25, 0.3) is 0 Å². The normalized spacial score (nSPS) is 9.77. The molecule has 0 aliphatic carbocycles. The van der Waals surface area contributed by atoms with Crippen LogP contribution in [0.4, 0.5) is 0 Å². The number of rotatable bonds is 3. The lowest BCUT2D eigenvalue weighted by molar-refractivity contribution is 0.352. The van der Waals surface area contributed by atoms with Crippen molar-refractivity contribution in [3.8, 4) is 5.75 Å². The zero-order chi connectivity index (χ0) is 9.84. The molecule has 70 valence electrons. The van der Waals surface area contributed by atoms with E-state index in [0.29, 0.717) is 11.6 Å². The Morgan fingerprint density at radius 3 is 2.85 bits per heavy atom. The number of halogens is 1. The van der Waals surface area contributed by atoms with Gasteiger partial charge in [-0.1, -0.05) is 30.3 Å². The number of hydrogen-bond donors (Lipinski definition) is 0. The summed E-state index contributed by atoms with van der Waals surface area (Å²) in [5, 5.41) is 0.684. The van der Waals surface area contributed by atoms with E-state index in [9.17, 15) is 0 Å². The summed E-state index contributed by atoms with van der Waals surface area (Å²) >= 11 is 6.02. The van der Waals surface area contributed by atoms with Crippen molar-refractivity contribution in [1.29, 1.82) is 0 Å². The first-order valence-electron chi connectivity index (χ1n) is 4.13. The van der Waals surface area contributed by atoms with Gasteiger partial charge >= 0.3 is 0 Å². The largest absolute Gasteiger partial charge is 0.488 e. The summed E-state index contributed by atoms with van der Waals surface area (Å²) < 4.78 is 5.45. The van der Waals surface area contributed by atoms with Crippen molar-refractivity contribution in [3.63, 3.8) is 0 Å². The second-order valence-corrected chi connectivity index (χ2v) is 3.51. The van der Waals surface area contributed by atoms with Crippen LogP contribution < -0.4 is 4.74 Å². The van der Waals surface area contributed by atoms with Crippen LogP contribution in [0.25, 0.3) is 0 Å². The predicted molar refractivity (Wildman–Crippen MR) is 56.5 cm³/mol. The third-order valence-electron chi connectivity index (χ3n) is 1.63. The van der Waals surface area contributed by atoms with Gasteiger partial charge in [-0.2, -0.15) is 0 Å². The van der Waals surface area contributed by atoms with Gasteiger partial charge in [-0.25, -0.2) is 0 Å². The molecule has 0 N–H and O–H groups in total. The molecule has 0 unspecified atom stereocenters. The van der Waals surface area contributed by atoms with Gasteiger partial charge in [-0.3, -0.25) is 0 Å². The Morgan fingerprint density at radius 2 is 2.23 bits per heavy atom. The molecule has 0 aromatic heterocycles. The minimum absolute atomic E-state index is 0.517. The lowest BCUT2D eigenvalue weighted by Crippen LogP contribution is -1.98. The van der Waals surface area contributed by atoms with Gasteiger partial charge in [0.2, 0.25) is 0 Å². The Hall–Kier alpha value is -0.950. The summed E-state index contributed by atoms with van der Waals surface area (Å²) in [4.78, 5) is 0. The van der Waals surface area contributed by atoms with Crippen LogP contribution in [0.1, 0.15) is 12.5 Å². The van der Waals surface area contributed by atoms with Crippen LogP contribution in [0.2, 0.25) is 5.02 Å². The average Bonchev–Trinajstić information content (AvgIpc) is 2.07. The van der Waals surface area contributed by atoms with Crippen LogP contribution in [-0.4, -0.2) is 6.61 Å². The molecular formula is C11H13ClO. The number of aryl methyl sites for hydroxylation is 1. The highest BCUT2D eigenvalue weighted by Crippen LogP contribution is 2.27. The number of benzene rings is 1. The molecule has 13 heavy (non-hydrogen) atoms. The molecule has 0 fully saturated rings. The summed E-state index contributed by atoms with van der Waals surface area (Å²) in [6, 6.07) is 5.74. The topological polar surface area (TPSA) is 9.23 Å². The van der Waals surface area contributed by atoms with E-state index in [1.807, 2.05) is 32.0 Å². The van der Waals surface area contributed by atoms with E-state index in [0.717, 1.165) is 16.9 Å². The molecule has 0 atom stereocenters. The molecule has 2 heteroatoms. The number of hydrogen-bond acceptors (Lipinski definition) is 1. The molecule has 0 saturated carbocycles. The fourth-order valence-corrected chi connectivity index (χ4v) is 1.11. The van der Waals surface area contributed by atoms with Crippen LogP contribution in [0.15, 0.2) is 30.4 Å². The minimum Gasteiger partial charge on any atom is -0.488 e. The monoisotopic (exact) mass is 196 g/mol. The highest BCUT2D eigenvalue weighted by Gasteiger charge is 2.02. The van der Waals surface area contributed by atoms with Gasteiger partial charge in [-0.15, -0.1) is 0 Å². The van der Waals surface area contributed by atoms with E-state index in [-0.39, 0.29) is 0 Å². The van der Waals surface area contributed by atoms with Crippen molar-refractivity contribution < 1.29 is 4.74 Å². The van der Waals surface area contributed by atoms with Gasteiger partial charge in [0.1, 0.15) is 12.4 Å². The first kappa shape index (κ1) is 10.1. The summed E-state index contributed by atoms with van der Waals surface area (Å²) in [6.07, 6.45) is 0. The Labute approximate surface area is 84.0 Å². The first-order chi connectivity index (χ1) is 6.11. The maximum atomic E-state index is 6.02. The van der Waals surface area contributed by atoms with Crippen molar-refractivity contribution in [2.45, 2.75) is 13.8 Å². The second kappa shape index (κ2) is 4.33. The van der Waals surface area contributed by atoms with E-state index in [4.69, 9.17) is 16.3 Å². The van der Waals surface area contributed by atoms with Gasteiger partial charge in [0, 0.05) is 0 Å². The molecule has 0 bridgehead atoms. The molecule has 1 rings (SSSR count). The Bertz CT molecular complexity index is 318. The summed E-state index contributed by atoms with van der Waals surface area (Å²) in [5.41, 5.74) is 2.01. The lowest BCUT2D eigenvalue weighted by Gasteiger charge is -2.08. The SMILES string of the molecule is C=C(C)COc1cccc(C)c1Cl. The van der Waals surface area contributed by atoms with Crippen molar-refractivity contribution in [2.24, 2.45) is 0 Å². The van der Waals surface area contributed by atoms with Crippen LogP contribution in [0, 0.1) is 6.92 Å². The van der Waals surface area contributed by atoms with E-state index >= 15 is 0 Å². The van der Waals surface area contributed by atoms with Crippen molar-refractivity contribution in [2.75, 3.05) is 6.61 Å². The van der Waals surface area contributed by atoms with Crippen LogP contribution in [-0.2, 0) is 0 Å². The fourth-order valence-electron chi connectivity index (χ4n) is 0.933.